The number of carbonyl (C=O) groups is 1. The number of aromatic nitrogens is 2. The highest BCUT2D eigenvalue weighted by Gasteiger charge is 2.22. The van der Waals surface area contributed by atoms with E-state index < -0.39 is 0 Å². The zero-order valence-electron chi connectivity index (χ0n) is 14.6. The molecule has 1 amide bonds. The molecular formula is C18H25N3O3S. The maximum Gasteiger partial charge on any atom is 0.326 e. The van der Waals surface area contributed by atoms with Gasteiger partial charge in [0.2, 0.25) is 0 Å². The summed E-state index contributed by atoms with van der Waals surface area (Å²) in [5, 5.41) is 12.2. The summed E-state index contributed by atoms with van der Waals surface area (Å²) >= 11 is 1.52. The topological polar surface area (TPSA) is 87.1 Å². The SMILES string of the molecule is CS[C@H](CO)[C@@H](C)NC(=O)c1ccc2c(c1)[nH]c(=O)n2C1CCCC1. The highest BCUT2D eigenvalue weighted by molar-refractivity contribution is 7.99. The molecule has 3 N–H and O–H groups in total. The second-order valence-electron chi connectivity index (χ2n) is 6.69. The number of aliphatic hydroxyl groups excluding tert-OH is 1. The average Bonchev–Trinajstić information content (AvgIpc) is 3.21. The number of fused-ring (bicyclic) bond motifs is 1. The minimum Gasteiger partial charge on any atom is -0.395 e. The molecule has 2 aromatic rings. The maximum atomic E-state index is 12.5. The molecule has 3 rings (SSSR count). The van der Waals surface area contributed by atoms with Gasteiger partial charge in [-0.25, -0.2) is 4.79 Å². The predicted molar refractivity (Wildman–Crippen MR) is 101 cm³/mol. The standard InChI is InChI=1S/C18H25N3O3S/c1-11(16(10-22)25-2)19-17(23)12-7-8-15-14(9-12)20-18(24)21(15)13-5-3-4-6-13/h7-9,11,13,16,22H,3-6,10H2,1-2H3,(H,19,23)(H,20,24)/t11-,16-/m1/s1. The number of imidazole rings is 1. The molecule has 1 saturated carbocycles. The summed E-state index contributed by atoms with van der Waals surface area (Å²) in [6, 6.07) is 5.45. The third kappa shape index (κ3) is 3.62. The fourth-order valence-corrected chi connectivity index (χ4v) is 4.24. The number of rotatable bonds is 6. The van der Waals surface area contributed by atoms with Crippen LogP contribution in [0.2, 0.25) is 0 Å². The van der Waals surface area contributed by atoms with E-state index in [2.05, 4.69) is 10.3 Å². The molecule has 0 spiro atoms. The number of nitrogens with zero attached hydrogens (tertiary/aromatic N) is 1. The molecule has 0 aliphatic heterocycles. The number of hydrogen-bond donors (Lipinski definition) is 3. The summed E-state index contributed by atoms with van der Waals surface area (Å²) < 4.78 is 1.84. The molecule has 25 heavy (non-hydrogen) atoms. The first-order chi connectivity index (χ1) is 12.0. The first kappa shape index (κ1) is 18.1. The molecule has 0 bridgehead atoms. The van der Waals surface area contributed by atoms with Crippen LogP contribution in [-0.2, 0) is 0 Å². The van der Waals surface area contributed by atoms with E-state index in [0.717, 1.165) is 31.2 Å². The van der Waals surface area contributed by atoms with Gasteiger partial charge >= 0.3 is 5.69 Å². The van der Waals surface area contributed by atoms with Gasteiger partial charge in [-0.15, -0.1) is 0 Å². The van der Waals surface area contributed by atoms with Gasteiger partial charge in [0.05, 0.1) is 17.6 Å². The molecule has 1 heterocycles. The average molecular weight is 363 g/mol. The molecule has 1 fully saturated rings. The van der Waals surface area contributed by atoms with Crippen LogP contribution >= 0.6 is 11.8 Å². The number of amides is 1. The lowest BCUT2D eigenvalue weighted by atomic mass is 10.1. The van der Waals surface area contributed by atoms with Crippen molar-refractivity contribution in [1.29, 1.82) is 0 Å². The van der Waals surface area contributed by atoms with Crippen LogP contribution in [0.15, 0.2) is 23.0 Å². The Morgan fingerprint density at radius 1 is 1.44 bits per heavy atom. The molecule has 1 aromatic heterocycles. The highest BCUT2D eigenvalue weighted by Crippen LogP contribution is 2.30. The fourth-order valence-electron chi connectivity index (χ4n) is 3.62. The monoisotopic (exact) mass is 363 g/mol. The Kier molecular flexibility index (Phi) is 5.54. The zero-order chi connectivity index (χ0) is 18.0. The van der Waals surface area contributed by atoms with Crippen molar-refractivity contribution in [2.75, 3.05) is 12.9 Å². The Hall–Kier alpha value is -1.73. The Labute approximate surface area is 151 Å². The smallest absolute Gasteiger partial charge is 0.326 e. The molecule has 7 heteroatoms. The Morgan fingerprint density at radius 3 is 2.80 bits per heavy atom. The lowest BCUT2D eigenvalue weighted by Crippen LogP contribution is -2.41. The third-order valence-corrected chi connectivity index (χ3v) is 6.23. The minimum absolute atomic E-state index is 0.0131. The second kappa shape index (κ2) is 7.66. The van der Waals surface area contributed by atoms with Crippen LogP contribution in [0.3, 0.4) is 0 Å². The van der Waals surface area contributed by atoms with E-state index >= 15 is 0 Å². The van der Waals surface area contributed by atoms with Gasteiger partial charge in [-0.2, -0.15) is 11.8 Å². The zero-order valence-corrected chi connectivity index (χ0v) is 15.4. The largest absolute Gasteiger partial charge is 0.395 e. The number of carbonyl (C=O) groups excluding carboxylic acids is 1. The number of H-pyrrole nitrogens is 1. The lowest BCUT2D eigenvalue weighted by Gasteiger charge is -2.21. The van der Waals surface area contributed by atoms with Crippen LogP contribution in [-0.4, -0.2) is 44.7 Å². The van der Waals surface area contributed by atoms with E-state index in [1.165, 1.54) is 11.8 Å². The Morgan fingerprint density at radius 2 is 2.16 bits per heavy atom. The van der Waals surface area contributed by atoms with Crippen molar-refractivity contribution >= 4 is 28.7 Å². The van der Waals surface area contributed by atoms with Crippen LogP contribution in [0, 0.1) is 0 Å². The van der Waals surface area contributed by atoms with Crippen LogP contribution < -0.4 is 11.0 Å². The summed E-state index contributed by atoms with van der Waals surface area (Å²) in [4.78, 5) is 27.7. The van der Waals surface area contributed by atoms with Gasteiger partial charge in [-0.1, -0.05) is 12.8 Å². The van der Waals surface area contributed by atoms with Crippen molar-refractivity contribution in [3.05, 3.63) is 34.2 Å². The normalized spacial score (nSPS) is 17.7. The molecule has 0 unspecified atom stereocenters. The van der Waals surface area contributed by atoms with Crippen LogP contribution in [0.4, 0.5) is 0 Å². The summed E-state index contributed by atoms with van der Waals surface area (Å²) in [7, 11) is 0. The molecular weight excluding hydrogens is 338 g/mol. The van der Waals surface area contributed by atoms with E-state index in [9.17, 15) is 14.7 Å². The number of aliphatic hydroxyl groups is 1. The van der Waals surface area contributed by atoms with Crippen LogP contribution in [0.5, 0.6) is 0 Å². The fraction of sp³-hybridized carbons (Fsp3) is 0.556. The molecule has 0 saturated heterocycles. The van der Waals surface area contributed by atoms with Crippen molar-refractivity contribution in [3.8, 4) is 0 Å². The summed E-state index contributed by atoms with van der Waals surface area (Å²) in [5.41, 5.74) is 1.96. The molecule has 1 aliphatic carbocycles. The summed E-state index contributed by atoms with van der Waals surface area (Å²) in [6.07, 6.45) is 6.28. The number of benzene rings is 1. The highest BCUT2D eigenvalue weighted by atomic mass is 32.2. The van der Waals surface area contributed by atoms with Gasteiger partial charge < -0.3 is 15.4 Å². The molecule has 1 aromatic carbocycles. The molecule has 6 nitrogen and oxygen atoms in total. The van der Waals surface area contributed by atoms with Crippen molar-refractivity contribution in [2.24, 2.45) is 0 Å². The summed E-state index contributed by atoms with van der Waals surface area (Å²) in [5.74, 6) is -0.198. The van der Waals surface area contributed by atoms with Gasteiger partial charge in [0.1, 0.15) is 0 Å². The van der Waals surface area contributed by atoms with Gasteiger partial charge in [-0.05, 0) is 44.2 Å². The molecule has 2 atom stereocenters. The van der Waals surface area contributed by atoms with Crippen molar-refractivity contribution in [3.63, 3.8) is 0 Å². The quantitative estimate of drug-likeness (QED) is 0.735. The van der Waals surface area contributed by atoms with Gasteiger partial charge in [0.25, 0.3) is 5.91 Å². The van der Waals surface area contributed by atoms with Crippen molar-refractivity contribution < 1.29 is 9.90 Å². The third-order valence-electron chi connectivity index (χ3n) is 5.07. The van der Waals surface area contributed by atoms with Crippen LogP contribution in [0.25, 0.3) is 11.0 Å². The first-order valence-electron chi connectivity index (χ1n) is 8.74. The van der Waals surface area contributed by atoms with Crippen LogP contribution in [0.1, 0.15) is 49.0 Å². The van der Waals surface area contributed by atoms with Gasteiger partial charge in [0.15, 0.2) is 0 Å². The summed E-state index contributed by atoms with van der Waals surface area (Å²) in [6.45, 7) is 1.89. The molecule has 1 aliphatic rings. The van der Waals surface area contributed by atoms with E-state index in [-0.39, 0.29) is 35.5 Å². The maximum absolute atomic E-state index is 12.5. The van der Waals surface area contributed by atoms with E-state index in [0.29, 0.717) is 11.1 Å². The molecule has 0 radical (unpaired) electrons. The Balaban J connectivity index is 1.84. The van der Waals surface area contributed by atoms with Gasteiger partial charge in [0, 0.05) is 22.9 Å². The van der Waals surface area contributed by atoms with E-state index in [1.807, 2.05) is 23.8 Å². The van der Waals surface area contributed by atoms with Gasteiger partial charge in [-0.3, -0.25) is 9.36 Å². The lowest BCUT2D eigenvalue weighted by molar-refractivity contribution is 0.0936. The minimum atomic E-state index is -0.198. The Bertz CT molecular complexity index is 803. The van der Waals surface area contributed by atoms with E-state index in [4.69, 9.17) is 0 Å². The van der Waals surface area contributed by atoms with Crippen molar-refractivity contribution in [1.82, 2.24) is 14.9 Å². The number of nitrogens with one attached hydrogen (secondary N) is 2. The van der Waals surface area contributed by atoms with E-state index in [1.54, 1.807) is 12.1 Å². The van der Waals surface area contributed by atoms with Crippen molar-refractivity contribution in [2.45, 2.75) is 49.9 Å². The second-order valence-corrected chi connectivity index (χ2v) is 7.77. The number of hydrogen-bond acceptors (Lipinski definition) is 4. The number of aromatic amines is 1. The first-order valence-corrected chi connectivity index (χ1v) is 10.0. The predicted octanol–water partition coefficient (Wildman–Crippen LogP) is 2.29. The number of thioether (sulfide) groups is 1. The molecule has 136 valence electrons.